The molecule has 1 amide bonds. The number of nitrogens with zero attached hydrogens (tertiary/aromatic N) is 2. The summed E-state index contributed by atoms with van der Waals surface area (Å²) < 4.78 is 0. The molecule has 1 aromatic carbocycles. The number of carbonyl (C=O) groups is 1. The van der Waals surface area contributed by atoms with Crippen LogP contribution in [-0.2, 0) is 0 Å². The lowest BCUT2D eigenvalue weighted by Gasteiger charge is -2.14. The Morgan fingerprint density at radius 2 is 2.14 bits per heavy atom. The minimum atomic E-state index is -1.93. The van der Waals surface area contributed by atoms with Gasteiger partial charge in [0.2, 0.25) is 7.12 Å². The number of amides is 1. The molecule has 0 saturated heterocycles. The van der Waals surface area contributed by atoms with Crippen LogP contribution in [0.3, 0.4) is 0 Å². The van der Waals surface area contributed by atoms with Crippen LogP contribution in [0.5, 0.6) is 0 Å². The Kier molecular flexibility index (Phi) is 5.51. The summed E-state index contributed by atoms with van der Waals surface area (Å²) in [7, 11) is -1.93. The summed E-state index contributed by atoms with van der Waals surface area (Å²) >= 11 is 11.5. The molecular formula is C13H9BCl2N3O3-. The highest BCUT2D eigenvalue weighted by Gasteiger charge is 2.07. The zero-order valence-electron chi connectivity index (χ0n) is 11.0. The molecule has 6 nitrogen and oxygen atoms in total. The van der Waals surface area contributed by atoms with Gasteiger partial charge < -0.3 is 10.0 Å². The molecule has 0 saturated carbocycles. The van der Waals surface area contributed by atoms with E-state index in [1.165, 1.54) is 36.5 Å². The highest BCUT2D eigenvalue weighted by molar-refractivity contribution is 6.58. The van der Waals surface area contributed by atoms with E-state index in [-0.39, 0.29) is 16.3 Å². The normalized spacial score (nSPS) is 10.7. The van der Waals surface area contributed by atoms with Crippen molar-refractivity contribution in [2.45, 2.75) is 0 Å². The quantitative estimate of drug-likeness (QED) is 0.360. The van der Waals surface area contributed by atoms with Crippen molar-refractivity contribution in [1.29, 1.82) is 0 Å². The molecule has 1 aromatic heterocycles. The first-order valence-corrected chi connectivity index (χ1v) is 6.82. The summed E-state index contributed by atoms with van der Waals surface area (Å²) in [6.45, 7) is 0. The Bertz CT molecular complexity index is 725. The predicted octanol–water partition coefficient (Wildman–Crippen LogP) is 0.200. The zero-order chi connectivity index (χ0) is 16.1. The molecule has 22 heavy (non-hydrogen) atoms. The second-order valence-electron chi connectivity index (χ2n) is 4.17. The van der Waals surface area contributed by atoms with Crippen molar-refractivity contribution in [2.24, 2.45) is 5.10 Å². The molecule has 0 atom stereocenters. The van der Waals surface area contributed by atoms with Gasteiger partial charge in [-0.05, 0) is 29.8 Å². The van der Waals surface area contributed by atoms with Crippen LogP contribution in [-0.4, -0.2) is 29.2 Å². The van der Waals surface area contributed by atoms with Gasteiger partial charge in [0, 0.05) is 5.02 Å². The first-order chi connectivity index (χ1) is 10.5. The zero-order valence-corrected chi connectivity index (χ0v) is 12.5. The summed E-state index contributed by atoms with van der Waals surface area (Å²) in [5, 5.41) is 24.6. The number of nitrogens with one attached hydrogen (secondary N) is 1. The molecule has 1 heterocycles. The van der Waals surface area contributed by atoms with Gasteiger partial charge in [0.15, 0.2) is 0 Å². The van der Waals surface area contributed by atoms with Gasteiger partial charge in [0.25, 0.3) is 5.91 Å². The highest BCUT2D eigenvalue weighted by Crippen LogP contribution is 2.08. The third-order valence-corrected chi connectivity index (χ3v) is 3.08. The molecular weight excluding hydrogens is 328 g/mol. The SMILES string of the molecule is O=C(N/N=C\c1cc(Cl)ccc1B([O-])O)c1cccc(Cl)n1. The van der Waals surface area contributed by atoms with Gasteiger partial charge >= 0.3 is 0 Å². The number of pyridine rings is 1. The van der Waals surface area contributed by atoms with E-state index in [4.69, 9.17) is 28.2 Å². The van der Waals surface area contributed by atoms with E-state index in [0.29, 0.717) is 10.6 Å². The number of benzene rings is 1. The van der Waals surface area contributed by atoms with E-state index in [0.717, 1.165) is 0 Å². The number of aromatic nitrogens is 1. The van der Waals surface area contributed by atoms with E-state index in [1.54, 1.807) is 6.07 Å². The molecule has 0 radical (unpaired) electrons. The van der Waals surface area contributed by atoms with Gasteiger partial charge in [0.05, 0.1) is 6.21 Å². The second kappa shape index (κ2) is 7.37. The lowest BCUT2D eigenvalue weighted by atomic mass is 9.77. The minimum absolute atomic E-state index is 0.0971. The van der Waals surface area contributed by atoms with Crippen LogP contribution in [0.1, 0.15) is 16.1 Å². The lowest BCUT2D eigenvalue weighted by molar-refractivity contribution is -0.211. The van der Waals surface area contributed by atoms with E-state index >= 15 is 0 Å². The van der Waals surface area contributed by atoms with Crippen LogP contribution in [0.15, 0.2) is 41.5 Å². The van der Waals surface area contributed by atoms with Gasteiger partial charge in [-0.25, -0.2) is 10.4 Å². The van der Waals surface area contributed by atoms with Crippen molar-refractivity contribution in [3.8, 4) is 0 Å². The largest absolute Gasteiger partial charge is 0.853 e. The van der Waals surface area contributed by atoms with E-state index in [1.807, 2.05) is 0 Å². The average Bonchev–Trinajstić information content (AvgIpc) is 2.47. The molecule has 9 heteroatoms. The number of carbonyl (C=O) groups excluding carboxylic acids is 1. The third-order valence-electron chi connectivity index (χ3n) is 2.63. The molecule has 2 aromatic rings. The number of hydrogen-bond acceptors (Lipinski definition) is 5. The van der Waals surface area contributed by atoms with Crippen LogP contribution in [0.2, 0.25) is 10.2 Å². The van der Waals surface area contributed by atoms with Crippen LogP contribution >= 0.6 is 23.2 Å². The minimum Gasteiger partial charge on any atom is -0.853 e. The van der Waals surface area contributed by atoms with E-state index < -0.39 is 13.0 Å². The number of hydrazone groups is 1. The van der Waals surface area contributed by atoms with Crippen molar-refractivity contribution in [2.75, 3.05) is 0 Å². The van der Waals surface area contributed by atoms with Gasteiger partial charge in [-0.1, -0.05) is 40.8 Å². The molecule has 0 bridgehead atoms. The summed E-state index contributed by atoms with van der Waals surface area (Å²) in [5.41, 5.74) is 2.74. The van der Waals surface area contributed by atoms with Crippen LogP contribution < -0.4 is 15.9 Å². The third kappa shape index (κ3) is 4.28. The highest BCUT2D eigenvalue weighted by atomic mass is 35.5. The van der Waals surface area contributed by atoms with Gasteiger partial charge in [-0.3, -0.25) is 4.79 Å². The van der Waals surface area contributed by atoms with Crippen molar-refractivity contribution in [1.82, 2.24) is 10.4 Å². The van der Waals surface area contributed by atoms with E-state index in [9.17, 15) is 9.82 Å². The standard InChI is InChI=1S/C13H9BCl2N3O3/c15-9-4-5-10(14(21)22)8(6-9)7-17-19-13(20)11-2-1-3-12(16)18-11/h1-7,21H,(H,19,20)/q-1/b17-7-. The van der Waals surface area contributed by atoms with Gasteiger partial charge in [-0.15, -0.1) is 0 Å². The topological polar surface area (TPSA) is 97.6 Å². The fourth-order valence-corrected chi connectivity index (χ4v) is 1.98. The van der Waals surface area contributed by atoms with E-state index in [2.05, 4.69) is 15.5 Å². The van der Waals surface area contributed by atoms with Crippen LogP contribution in [0.25, 0.3) is 0 Å². The molecule has 0 aliphatic carbocycles. The average molecular weight is 337 g/mol. The lowest BCUT2D eigenvalue weighted by Crippen LogP contribution is -2.45. The second-order valence-corrected chi connectivity index (χ2v) is 4.99. The fraction of sp³-hybridized carbons (Fsp3) is 0. The fourth-order valence-electron chi connectivity index (χ4n) is 1.63. The molecule has 0 fully saturated rings. The van der Waals surface area contributed by atoms with Crippen molar-refractivity contribution < 1.29 is 14.8 Å². The Balaban J connectivity index is 2.13. The monoisotopic (exact) mass is 336 g/mol. The maximum absolute atomic E-state index is 11.8. The first-order valence-electron chi connectivity index (χ1n) is 6.06. The summed E-state index contributed by atoms with van der Waals surface area (Å²) in [6.07, 6.45) is 1.21. The Morgan fingerprint density at radius 1 is 1.36 bits per heavy atom. The van der Waals surface area contributed by atoms with Crippen molar-refractivity contribution in [3.05, 3.63) is 57.8 Å². The summed E-state index contributed by atoms with van der Waals surface area (Å²) in [4.78, 5) is 15.6. The number of hydrogen-bond donors (Lipinski definition) is 2. The predicted molar refractivity (Wildman–Crippen MR) is 83.4 cm³/mol. The maximum atomic E-state index is 11.8. The van der Waals surface area contributed by atoms with Crippen LogP contribution in [0.4, 0.5) is 0 Å². The number of rotatable bonds is 4. The van der Waals surface area contributed by atoms with Gasteiger partial charge in [0.1, 0.15) is 10.8 Å². The molecule has 0 unspecified atom stereocenters. The summed E-state index contributed by atoms with van der Waals surface area (Å²) in [5.74, 6) is -0.565. The Labute approximate surface area is 136 Å². The smallest absolute Gasteiger partial charge is 0.290 e. The maximum Gasteiger partial charge on any atom is 0.290 e. The summed E-state index contributed by atoms with van der Waals surface area (Å²) in [6, 6.07) is 8.91. The number of halogens is 2. The molecule has 0 spiro atoms. The molecule has 2 N–H and O–H groups in total. The molecule has 112 valence electrons. The Hall–Kier alpha value is -1.93. The van der Waals surface area contributed by atoms with Crippen LogP contribution in [0, 0.1) is 0 Å². The molecule has 0 aliphatic rings. The van der Waals surface area contributed by atoms with Gasteiger partial charge in [-0.2, -0.15) is 5.10 Å². The van der Waals surface area contributed by atoms with Crippen molar-refractivity contribution >= 4 is 47.9 Å². The first kappa shape index (κ1) is 16.4. The molecule has 0 aliphatic heterocycles. The Morgan fingerprint density at radius 3 is 2.82 bits per heavy atom. The molecule has 2 rings (SSSR count). The van der Waals surface area contributed by atoms with Crippen molar-refractivity contribution in [3.63, 3.8) is 0 Å².